The van der Waals surface area contributed by atoms with Gasteiger partial charge in [0.05, 0.1) is 0 Å². The van der Waals surface area contributed by atoms with Crippen LogP contribution < -0.4 is 0 Å². The van der Waals surface area contributed by atoms with Crippen LogP contribution >= 0.6 is 0 Å². The Morgan fingerprint density at radius 2 is 2.18 bits per heavy atom. The predicted molar refractivity (Wildman–Crippen MR) is 41.6 cm³/mol. The SMILES string of the molecule is Fc1ccc2c(c1)C[C]=CC2. The molecule has 0 aliphatic heterocycles. The Kier molecular flexibility index (Phi) is 1.50. The van der Waals surface area contributed by atoms with Crippen LogP contribution in [0.4, 0.5) is 4.39 Å². The summed E-state index contributed by atoms with van der Waals surface area (Å²) < 4.78 is 12.7. The predicted octanol–water partition coefficient (Wildman–Crippen LogP) is 2.28. The number of benzene rings is 1. The Bertz CT molecular complexity index is 300. The third-order valence-corrected chi connectivity index (χ3v) is 1.93. The lowest BCUT2D eigenvalue weighted by atomic mass is 9.97. The van der Waals surface area contributed by atoms with Crippen LogP contribution in [0.1, 0.15) is 11.1 Å². The Morgan fingerprint density at radius 3 is 3.09 bits per heavy atom. The van der Waals surface area contributed by atoms with Crippen LogP contribution in [-0.2, 0) is 12.8 Å². The molecule has 0 amide bonds. The van der Waals surface area contributed by atoms with E-state index in [9.17, 15) is 4.39 Å². The van der Waals surface area contributed by atoms with Gasteiger partial charge in [0.2, 0.25) is 0 Å². The molecule has 0 N–H and O–H groups in total. The van der Waals surface area contributed by atoms with Crippen molar-refractivity contribution in [3.63, 3.8) is 0 Å². The minimum absolute atomic E-state index is 0.146. The van der Waals surface area contributed by atoms with E-state index in [0.29, 0.717) is 0 Å². The first-order chi connectivity index (χ1) is 5.36. The first-order valence-electron chi connectivity index (χ1n) is 3.68. The number of fused-ring (bicyclic) bond motifs is 1. The van der Waals surface area contributed by atoms with Crippen molar-refractivity contribution in [3.8, 4) is 0 Å². The molecule has 0 spiro atoms. The molecule has 1 aliphatic carbocycles. The maximum absolute atomic E-state index is 12.7. The van der Waals surface area contributed by atoms with Gasteiger partial charge in [0.25, 0.3) is 0 Å². The van der Waals surface area contributed by atoms with Gasteiger partial charge in [-0.1, -0.05) is 12.1 Å². The van der Waals surface area contributed by atoms with Crippen LogP contribution in [0, 0.1) is 11.9 Å². The molecule has 1 aliphatic rings. The smallest absolute Gasteiger partial charge is 0.123 e. The minimum atomic E-state index is -0.146. The van der Waals surface area contributed by atoms with E-state index in [4.69, 9.17) is 0 Å². The molecule has 0 nitrogen and oxygen atoms in total. The van der Waals surface area contributed by atoms with E-state index in [1.54, 1.807) is 6.07 Å². The molecule has 1 aromatic rings. The molecular formula is C10H8F. The summed E-state index contributed by atoms with van der Waals surface area (Å²) in [4.78, 5) is 0. The first-order valence-corrected chi connectivity index (χ1v) is 3.68. The van der Waals surface area contributed by atoms with Gasteiger partial charge in [0.1, 0.15) is 5.82 Å². The van der Waals surface area contributed by atoms with Crippen molar-refractivity contribution < 1.29 is 4.39 Å². The Labute approximate surface area is 65.4 Å². The summed E-state index contributed by atoms with van der Waals surface area (Å²) in [5.74, 6) is -0.146. The maximum atomic E-state index is 12.7. The number of halogens is 1. The van der Waals surface area contributed by atoms with E-state index in [-0.39, 0.29) is 5.82 Å². The van der Waals surface area contributed by atoms with Crippen molar-refractivity contribution in [3.05, 3.63) is 47.3 Å². The zero-order valence-corrected chi connectivity index (χ0v) is 6.10. The molecule has 1 aromatic carbocycles. The summed E-state index contributed by atoms with van der Waals surface area (Å²) in [6, 6.07) is 4.95. The van der Waals surface area contributed by atoms with Crippen LogP contribution in [0.5, 0.6) is 0 Å². The van der Waals surface area contributed by atoms with Gasteiger partial charge in [-0.15, -0.1) is 0 Å². The van der Waals surface area contributed by atoms with Gasteiger partial charge < -0.3 is 0 Å². The highest BCUT2D eigenvalue weighted by molar-refractivity contribution is 5.32. The Balaban J connectivity index is 2.48. The zero-order valence-electron chi connectivity index (χ0n) is 6.10. The van der Waals surface area contributed by atoms with Gasteiger partial charge in [-0.3, -0.25) is 0 Å². The van der Waals surface area contributed by atoms with Gasteiger partial charge >= 0.3 is 0 Å². The van der Waals surface area contributed by atoms with Gasteiger partial charge in [0.15, 0.2) is 0 Å². The second-order valence-corrected chi connectivity index (χ2v) is 2.70. The van der Waals surface area contributed by atoms with E-state index in [1.807, 2.05) is 12.1 Å². The molecule has 2 rings (SSSR count). The number of hydrogen-bond donors (Lipinski definition) is 0. The molecule has 0 fully saturated rings. The van der Waals surface area contributed by atoms with Crippen LogP contribution in [0.3, 0.4) is 0 Å². The molecule has 0 aromatic heterocycles. The standard InChI is InChI=1S/C10H8F/c11-10-6-5-8-3-1-2-4-9(8)7-10/h1,5-7H,3-4H2. The fraction of sp³-hybridized carbons (Fsp3) is 0.200. The van der Waals surface area contributed by atoms with Crippen molar-refractivity contribution in [1.82, 2.24) is 0 Å². The Morgan fingerprint density at radius 1 is 1.27 bits per heavy atom. The summed E-state index contributed by atoms with van der Waals surface area (Å²) in [5, 5.41) is 0. The molecule has 55 valence electrons. The van der Waals surface area contributed by atoms with Crippen molar-refractivity contribution in [1.29, 1.82) is 0 Å². The van der Waals surface area contributed by atoms with E-state index in [0.717, 1.165) is 18.4 Å². The van der Waals surface area contributed by atoms with Crippen LogP contribution in [-0.4, -0.2) is 0 Å². The average Bonchev–Trinajstić information content (AvgIpc) is 2.04. The summed E-state index contributed by atoms with van der Waals surface area (Å²) in [6.07, 6.45) is 6.73. The molecule has 0 saturated carbocycles. The molecule has 11 heavy (non-hydrogen) atoms. The van der Waals surface area contributed by atoms with Gasteiger partial charge in [0, 0.05) is 0 Å². The highest BCUT2D eigenvalue weighted by Crippen LogP contribution is 2.16. The molecule has 1 radical (unpaired) electrons. The topological polar surface area (TPSA) is 0 Å². The second-order valence-electron chi connectivity index (χ2n) is 2.70. The average molecular weight is 147 g/mol. The third-order valence-electron chi connectivity index (χ3n) is 1.93. The number of allylic oxidation sites excluding steroid dienone is 2. The van der Waals surface area contributed by atoms with Gasteiger partial charge in [-0.25, -0.2) is 4.39 Å². The fourth-order valence-corrected chi connectivity index (χ4v) is 1.32. The monoisotopic (exact) mass is 147 g/mol. The maximum Gasteiger partial charge on any atom is 0.123 e. The summed E-state index contributed by atoms with van der Waals surface area (Å²) >= 11 is 0. The summed E-state index contributed by atoms with van der Waals surface area (Å²) in [5.41, 5.74) is 2.30. The van der Waals surface area contributed by atoms with E-state index >= 15 is 0 Å². The highest BCUT2D eigenvalue weighted by Gasteiger charge is 2.04. The summed E-state index contributed by atoms with van der Waals surface area (Å²) in [6.45, 7) is 0. The third kappa shape index (κ3) is 1.18. The van der Waals surface area contributed by atoms with Crippen molar-refractivity contribution in [2.45, 2.75) is 12.8 Å². The van der Waals surface area contributed by atoms with Gasteiger partial charge in [-0.05, 0) is 42.2 Å². The van der Waals surface area contributed by atoms with Crippen LogP contribution in [0.2, 0.25) is 0 Å². The van der Waals surface area contributed by atoms with Crippen LogP contribution in [0.15, 0.2) is 24.3 Å². The van der Waals surface area contributed by atoms with Crippen molar-refractivity contribution >= 4 is 0 Å². The largest absolute Gasteiger partial charge is 0.207 e. The molecule has 0 unspecified atom stereocenters. The van der Waals surface area contributed by atoms with Gasteiger partial charge in [-0.2, -0.15) is 0 Å². The quantitative estimate of drug-likeness (QED) is 0.528. The van der Waals surface area contributed by atoms with Crippen molar-refractivity contribution in [2.75, 3.05) is 0 Å². The lowest BCUT2D eigenvalue weighted by molar-refractivity contribution is 0.625. The highest BCUT2D eigenvalue weighted by atomic mass is 19.1. The van der Waals surface area contributed by atoms with E-state index < -0.39 is 0 Å². The molecule has 0 saturated heterocycles. The molecular weight excluding hydrogens is 139 g/mol. The molecule has 0 heterocycles. The van der Waals surface area contributed by atoms with E-state index in [1.165, 1.54) is 11.6 Å². The normalized spacial score (nSPS) is 14.6. The minimum Gasteiger partial charge on any atom is -0.207 e. The fourth-order valence-electron chi connectivity index (χ4n) is 1.32. The lowest BCUT2D eigenvalue weighted by Gasteiger charge is -2.08. The molecule has 0 bridgehead atoms. The lowest BCUT2D eigenvalue weighted by Crippen LogP contribution is -1.97. The van der Waals surface area contributed by atoms with Crippen LogP contribution in [0.25, 0.3) is 0 Å². The van der Waals surface area contributed by atoms with Crippen molar-refractivity contribution in [2.24, 2.45) is 0 Å². The zero-order chi connectivity index (χ0) is 7.68. The first kappa shape index (κ1) is 6.59. The summed E-state index contributed by atoms with van der Waals surface area (Å²) in [7, 11) is 0. The number of rotatable bonds is 0. The Hall–Kier alpha value is -1.11. The second kappa shape index (κ2) is 2.50. The molecule has 1 heteroatoms. The number of hydrogen-bond acceptors (Lipinski definition) is 0. The molecule has 0 atom stereocenters. The van der Waals surface area contributed by atoms with E-state index in [2.05, 4.69) is 6.08 Å².